The van der Waals surface area contributed by atoms with Gasteiger partial charge < -0.3 is 14.8 Å². The lowest BCUT2D eigenvalue weighted by molar-refractivity contribution is -0.131. The molecule has 100 valence electrons. The first-order valence-electron chi connectivity index (χ1n) is 6.53. The number of nitrogens with zero attached hydrogens (tertiary/aromatic N) is 4. The van der Waals surface area contributed by atoms with Crippen molar-refractivity contribution in [1.82, 2.24) is 25.0 Å². The van der Waals surface area contributed by atoms with Crippen molar-refractivity contribution < 1.29 is 4.79 Å². The van der Waals surface area contributed by atoms with Gasteiger partial charge in [0.15, 0.2) is 0 Å². The van der Waals surface area contributed by atoms with Crippen molar-refractivity contribution in [2.24, 2.45) is 7.05 Å². The minimum absolute atomic E-state index is 0.115. The van der Waals surface area contributed by atoms with E-state index in [-0.39, 0.29) is 11.9 Å². The molecule has 0 aliphatic carbocycles. The fourth-order valence-electron chi connectivity index (χ4n) is 2.23. The van der Waals surface area contributed by atoms with Gasteiger partial charge >= 0.3 is 0 Å². The molecule has 1 saturated heterocycles. The predicted molar refractivity (Wildman–Crippen MR) is 68.0 cm³/mol. The van der Waals surface area contributed by atoms with Gasteiger partial charge in [-0.1, -0.05) is 0 Å². The molecular weight excluding hydrogens is 230 g/mol. The van der Waals surface area contributed by atoms with Gasteiger partial charge in [-0.2, -0.15) is 0 Å². The Bertz CT molecular complexity index is 397. The highest BCUT2D eigenvalue weighted by molar-refractivity contribution is 5.81. The molecule has 1 N–H and O–H groups in total. The molecule has 6 nitrogen and oxygen atoms in total. The van der Waals surface area contributed by atoms with Gasteiger partial charge in [-0.15, -0.1) is 10.2 Å². The number of rotatable bonds is 5. The van der Waals surface area contributed by atoms with Crippen LogP contribution in [0.25, 0.3) is 0 Å². The minimum Gasteiger partial charge on any atom is -0.341 e. The maximum absolute atomic E-state index is 12.0. The monoisotopic (exact) mass is 251 g/mol. The molecule has 18 heavy (non-hydrogen) atoms. The number of aromatic nitrogens is 3. The van der Waals surface area contributed by atoms with Crippen molar-refractivity contribution in [2.75, 3.05) is 19.6 Å². The molecular formula is C12H21N5O. The third-order valence-electron chi connectivity index (χ3n) is 3.39. The average molecular weight is 251 g/mol. The van der Waals surface area contributed by atoms with E-state index in [9.17, 15) is 4.79 Å². The Hall–Kier alpha value is -1.43. The van der Waals surface area contributed by atoms with Gasteiger partial charge in [0, 0.05) is 33.1 Å². The lowest BCUT2D eigenvalue weighted by Crippen LogP contribution is -2.44. The van der Waals surface area contributed by atoms with Crippen molar-refractivity contribution in [3.05, 3.63) is 12.2 Å². The lowest BCUT2D eigenvalue weighted by atomic mass is 10.2. The summed E-state index contributed by atoms with van der Waals surface area (Å²) >= 11 is 0. The molecule has 1 fully saturated rings. The van der Waals surface area contributed by atoms with E-state index in [0.29, 0.717) is 0 Å². The summed E-state index contributed by atoms with van der Waals surface area (Å²) in [5, 5.41) is 11.1. The highest BCUT2D eigenvalue weighted by Gasteiger charge is 2.22. The Morgan fingerprint density at radius 3 is 2.83 bits per heavy atom. The van der Waals surface area contributed by atoms with Gasteiger partial charge in [-0.25, -0.2) is 0 Å². The quantitative estimate of drug-likeness (QED) is 0.797. The molecule has 0 radical (unpaired) electrons. The Morgan fingerprint density at radius 2 is 2.22 bits per heavy atom. The van der Waals surface area contributed by atoms with Crippen LogP contribution in [0.1, 0.15) is 25.6 Å². The van der Waals surface area contributed by atoms with Crippen molar-refractivity contribution in [2.45, 2.75) is 32.2 Å². The van der Waals surface area contributed by atoms with Crippen LogP contribution in [0.3, 0.4) is 0 Å². The zero-order valence-electron chi connectivity index (χ0n) is 11.1. The summed E-state index contributed by atoms with van der Waals surface area (Å²) in [7, 11) is 1.92. The number of nitrogens with one attached hydrogen (secondary N) is 1. The second-order valence-electron chi connectivity index (χ2n) is 4.82. The Balaban J connectivity index is 1.72. The molecule has 1 unspecified atom stereocenters. The standard InChI is InChI=1S/C12H21N5O/c1-10(12(18)17-7-3-4-8-17)13-6-5-11-15-14-9-16(11)2/h9-10,13H,3-8H2,1-2H3. The van der Waals surface area contributed by atoms with Crippen molar-refractivity contribution in [3.63, 3.8) is 0 Å². The van der Waals surface area contributed by atoms with Gasteiger partial charge in [0.1, 0.15) is 12.2 Å². The van der Waals surface area contributed by atoms with Crippen LogP contribution in [-0.2, 0) is 18.3 Å². The van der Waals surface area contributed by atoms with Crippen LogP contribution >= 0.6 is 0 Å². The second-order valence-corrected chi connectivity index (χ2v) is 4.82. The van der Waals surface area contributed by atoms with Gasteiger partial charge in [0.25, 0.3) is 0 Å². The second kappa shape index (κ2) is 5.95. The summed E-state index contributed by atoms with van der Waals surface area (Å²) in [6.45, 7) is 4.49. The molecule has 1 aromatic heterocycles. The van der Waals surface area contributed by atoms with E-state index in [1.54, 1.807) is 6.33 Å². The van der Waals surface area contributed by atoms with Gasteiger partial charge in [0.05, 0.1) is 6.04 Å². The SMILES string of the molecule is CC(NCCc1nncn1C)C(=O)N1CCCC1. The van der Waals surface area contributed by atoms with E-state index in [4.69, 9.17) is 0 Å². The number of hydrogen-bond donors (Lipinski definition) is 1. The topological polar surface area (TPSA) is 63.1 Å². The third-order valence-corrected chi connectivity index (χ3v) is 3.39. The first-order valence-corrected chi connectivity index (χ1v) is 6.53. The van der Waals surface area contributed by atoms with Crippen LogP contribution in [-0.4, -0.2) is 51.2 Å². The van der Waals surface area contributed by atoms with Crippen LogP contribution in [0.2, 0.25) is 0 Å². The summed E-state index contributed by atoms with van der Waals surface area (Å²) in [4.78, 5) is 14.0. The van der Waals surface area contributed by atoms with E-state index in [1.165, 1.54) is 0 Å². The van der Waals surface area contributed by atoms with E-state index in [1.807, 2.05) is 23.4 Å². The molecule has 0 aromatic carbocycles. The van der Waals surface area contributed by atoms with E-state index >= 15 is 0 Å². The predicted octanol–water partition coefficient (Wildman–Crippen LogP) is -0.0419. The smallest absolute Gasteiger partial charge is 0.239 e. The molecule has 1 aliphatic heterocycles. The zero-order valence-corrected chi connectivity index (χ0v) is 11.1. The highest BCUT2D eigenvalue weighted by Crippen LogP contribution is 2.08. The minimum atomic E-state index is -0.115. The van der Waals surface area contributed by atoms with Crippen LogP contribution in [0.15, 0.2) is 6.33 Å². The summed E-state index contributed by atoms with van der Waals surface area (Å²) in [5.74, 6) is 1.15. The largest absolute Gasteiger partial charge is 0.341 e. The third kappa shape index (κ3) is 3.07. The molecule has 0 spiro atoms. The average Bonchev–Trinajstić information content (AvgIpc) is 3.00. The van der Waals surface area contributed by atoms with Gasteiger partial charge in [0.2, 0.25) is 5.91 Å². The molecule has 6 heteroatoms. The fourth-order valence-corrected chi connectivity index (χ4v) is 2.23. The first-order chi connectivity index (χ1) is 8.68. The van der Waals surface area contributed by atoms with Crippen molar-refractivity contribution >= 4 is 5.91 Å². The highest BCUT2D eigenvalue weighted by atomic mass is 16.2. The number of hydrogen-bond acceptors (Lipinski definition) is 4. The molecule has 1 atom stereocenters. The molecule has 0 saturated carbocycles. The normalized spacial score (nSPS) is 17.1. The maximum atomic E-state index is 12.0. The van der Waals surface area contributed by atoms with Crippen LogP contribution in [0.5, 0.6) is 0 Å². The lowest BCUT2D eigenvalue weighted by Gasteiger charge is -2.21. The Kier molecular flexibility index (Phi) is 4.30. The van der Waals surface area contributed by atoms with Gasteiger partial charge in [-0.3, -0.25) is 4.79 Å². The number of amides is 1. The molecule has 0 bridgehead atoms. The fraction of sp³-hybridized carbons (Fsp3) is 0.750. The Morgan fingerprint density at radius 1 is 1.50 bits per heavy atom. The molecule has 1 aliphatic rings. The molecule has 2 heterocycles. The number of aryl methyl sites for hydroxylation is 1. The summed E-state index contributed by atoms with van der Waals surface area (Å²) in [5.41, 5.74) is 0. The van der Waals surface area contributed by atoms with Crippen LogP contribution < -0.4 is 5.32 Å². The molecule has 1 aromatic rings. The number of carbonyl (C=O) groups excluding carboxylic acids is 1. The maximum Gasteiger partial charge on any atom is 0.239 e. The summed E-state index contributed by atoms with van der Waals surface area (Å²) < 4.78 is 1.90. The zero-order chi connectivity index (χ0) is 13.0. The number of likely N-dealkylation sites (tertiary alicyclic amines) is 1. The van der Waals surface area contributed by atoms with E-state index < -0.39 is 0 Å². The summed E-state index contributed by atoms with van der Waals surface area (Å²) in [6, 6.07) is -0.115. The molecule has 2 rings (SSSR count). The first kappa shape index (κ1) is 13.0. The van der Waals surface area contributed by atoms with E-state index in [0.717, 1.165) is 44.7 Å². The summed E-state index contributed by atoms with van der Waals surface area (Å²) in [6.07, 6.45) is 4.75. The van der Waals surface area contributed by atoms with Crippen molar-refractivity contribution in [3.8, 4) is 0 Å². The van der Waals surface area contributed by atoms with Gasteiger partial charge in [-0.05, 0) is 19.8 Å². The van der Waals surface area contributed by atoms with Crippen LogP contribution in [0.4, 0.5) is 0 Å². The molecule has 1 amide bonds. The van der Waals surface area contributed by atoms with Crippen LogP contribution in [0, 0.1) is 0 Å². The van der Waals surface area contributed by atoms with E-state index in [2.05, 4.69) is 15.5 Å². The Labute approximate surface area is 107 Å². The number of carbonyl (C=O) groups is 1. The van der Waals surface area contributed by atoms with Crippen molar-refractivity contribution in [1.29, 1.82) is 0 Å².